The van der Waals surface area contributed by atoms with Gasteiger partial charge in [-0.3, -0.25) is 0 Å². The SMILES string of the molecule is C[C@]12CCCCC1=CC[C@@H]1[C@@H]2CC[C@]2(C)C(O)=CC[C@@H]12. The number of rotatable bonds is 0. The standard InChI is InChI=1S/C19H28O/c1-18-11-4-3-5-13(18)6-7-14-15-8-9-17(20)19(15,2)12-10-16(14)18/h6,9,14-16,20H,3-5,7-8,10-12H2,1-2H3/t14-,15-,16-,18-,19-/m0/s1. The van der Waals surface area contributed by atoms with Gasteiger partial charge in [-0.15, -0.1) is 0 Å². The Morgan fingerprint density at radius 2 is 1.85 bits per heavy atom. The van der Waals surface area contributed by atoms with Crippen LogP contribution in [0.25, 0.3) is 0 Å². The molecule has 110 valence electrons. The number of aliphatic hydroxyl groups is 1. The summed E-state index contributed by atoms with van der Waals surface area (Å²) in [6.07, 6.45) is 15.2. The lowest BCUT2D eigenvalue weighted by molar-refractivity contribution is -0.0289. The molecule has 4 aliphatic rings. The lowest BCUT2D eigenvalue weighted by Gasteiger charge is -2.56. The second kappa shape index (κ2) is 4.15. The maximum absolute atomic E-state index is 10.3. The highest BCUT2D eigenvalue weighted by molar-refractivity contribution is 5.27. The van der Waals surface area contributed by atoms with E-state index in [1.807, 2.05) is 0 Å². The van der Waals surface area contributed by atoms with Crippen LogP contribution in [0.3, 0.4) is 0 Å². The molecule has 0 saturated heterocycles. The quantitative estimate of drug-likeness (QED) is 0.586. The second-order valence-electron chi connectivity index (χ2n) is 8.25. The first-order valence-electron chi connectivity index (χ1n) is 8.65. The fourth-order valence-corrected chi connectivity index (χ4v) is 6.24. The Balaban J connectivity index is 1.70. The van der Waals surface area contributed by atoms with Crippen LogP contribution in [0.2, 0.25) is 0 Å². The van der Waals surface area contributed by atoms with Gasteiger partial charge in [-0.2, -0.15) is 0 Å². The van der Waals surface area contributed by atoms with Gasteiger partial charge in [0, 0.05) is 5.41 Å². The predicted octanol–water partition coefficient (Wildman–Crippen LogP) is 5.39. The smallest absolute Gasteiger partial charge is 0.0944 e. The van der Waals surface area contributed by atoms with Crippen molar-refractivity contribution in [3.8, 4) is 0 Å². The molecule has 0 heterocycles. The van der Waals surface area contributed by atoms with Gasteiger partial charge in [-0.25, -0.2) is 0 Å². The third kappa shape index (κ3) is 1.50. The van der Waals surface area contributed by atoms with Crippen molar-refractivity contribution in [1.29, 1.82) is 0 Å². The highest BCUT2D eigenvalue weighted by Crippen LogP contribution is 2.64. The maximum Gasteiger partial charge on any atom is 0.0944 e. The molecule has 0 aromatic carbocycles. The van der Waals surface area contributed by atoms with E-state index < -0.39 is 0 Å². The Morgan fingerprint density at radius 3 is 2.70 bits per heavy atom. The molecule has 0 unspecified atom stereocenters. The molecule has 0 aromatic rings. The number of allylic oxidation sites excluding steroid dienone is 4. The highest BCUT2D eigenvalue weighted by atomic mass is 16.3. The van der Waals surface area contributed by atoms with Crippen molar-refractivity contribution < 1.29 is 5.11 Å². The molecule has 0 spiro atoms. The van der Waals surface area contributed by atoms with Crippen LogP contribution >= 0.6 is 0 Å². The summed E-state index contributed by atoms with van der Waals surface area (Å²) in [4.78, 5) is 0. The number of aliphatic hydroxyl groups excluding tert-OH is 1. The van der Waals surface area contributed by atoms with Crippen molar-refractivity contribution in [1.82, 2.24) is 0 Å². The van der Waals surface area contributed by atoms with E-state index in [9.17, 15) is 5.11 Å². The van der Waals surface area contributed by atoms with Crippen LogP contribution in [0.5, 0.6) is 0 Å². The van der Waals surface area contributed by atoms with Gasteiger partial charge in [0.05, 0.1) is 5.76 Å². The average molecular weight is 272 g/mol. The number of fused-ring (bicyclic) bond motifs is 5. The molecular formula is C19H28O. The van der Waals surface area contributed by atoms with Gasteiger partial charge in [0.2, 0.25) is 0 Å². The van der Waals surface area contributed by atoms with Crippen molar-refractivity contribution >= 4 is 0 Å². The summed E-state index contributed by atoms with van der Waals surface area (Å²) < 4.78 is 0. The van der Waals surface area contributed by atoms with E-state index >= 15 is 0 Å². The summed E-state index contributed by atoms with van der Waals surface area (Å²) in [5, 5.41) is 10.3. The first-order valence-corrected chi connectivity index (χ1v) is 8.65. The molecule has 0 aliphatic heterocycles. The Labute approximate surface area is 123 Å². The maximum atomic E-state index is 10.3. The van der Waals surface area contributed by atoms with Gasteiger partial charge in [0.25, 0.3) is 0 Å². The fourth-order valence-electron chi connectivity index (χ4n) is 6.24. The van der Waals surface area contributed by atoms with E-state index in [0.717, 1.165) is 18.3 Å². The van der Waals surface area contributed by atoms with E-state index in [0.29, 0.717) is 17.1 Å². The lowest BCUT2D eigenvalue weighted by atomic mass is 9.48. The van der Waals surface area contributed by atoms with Crippen molar-refractivity contribution in [3.05, 3.63) is 23.5 Å². The molecule has 0 bridgehead atoms. The third-order valence-electron chi connectivity index (χ3n) is 7.56. The van der Waals surface area contributed by atoms with Crippen LogP contribution in [0.1, 0.15) is 65.2 Å². The molecule has 4 aliphatic carbocycles. The van der Waals surface area contributed by atoms with Crippen LogP contribution in [0.4, 0.5) is 0 Å². The molecule has 0 aromatic heterocycles. The van der Waals surface area contributed by atoms with E-state index in [-0.39, 0.29) is 5.41 Å². The molecule has 0 radical (unpaired) electrons. The molecule has 2 saturated carbocycles. The summed E-state index contributed by atoms with van der Waals surface area (Å²) in [5.74, 6) is 3.07. The van der Waals surface area contributed by atoms with Crippen LogP contribution in [0, 0.1) is 28.6 Å². The summed E-state index contributed by atoms with van der Waals surface area (Å²) in [7, 11) is 0. The first kappa shape index (κ1) is 13.0. The average Bonchev–Trinajstić information content (AvgIpc) is 2.74. The summed E-state index contributed by atoms with van der Waals surface area (Å²) in [5.41, 5.74) is 2.36. The molecule has 20 heavy (non-hydrogen) atoms. The van der Waals surface area contributed by atoms with Gasteiger partial charge >= 0.3 is 0 Å². The number of hydrogen-bond acceptors (Lipinski definition) is 1. The molecule has 1 heteroatoms. The second-order valence-corrected chi connectivity index (χ2v) is 8.25. The number of hydrogen-bond donors (Lipinski definition) is 1. The molecule has 5 atom stereocenters. The van der Waals surface area contributed by atoms with Gasteiger partial charge in [-0.1, -0.05) is 31.9 Å². The molecular weight excluding hydrogens is 244 g/mol. The Bertz CT molecular complexity index is 488. The van der Waals surface area contributed by atoms with Gasteiger partial charge in [-0.05, 0) is 74.2 Å². The minimum Gasteiger partial charge on any atom is -0.512 e. The largest absolute Gasteiger partial charge is 0.512 e. The van der Waals surface area contributed by atoms with Crippen LogP contribution < -0.4 is 0 Å². The molecule has 0 amide bonds. The van der Waals surface area contributed by atoms with Crippen molar-refractivity contribution in [2.24, 2.45) is 28.6 Å². The van der Waals surface area contributed by atoms with Crippen molar-refractivity contribution in [2.45, 2.75) is 65.2 Å². The van der Waals surface area contributed by atoms with E-state index in [2.05, 4.69) is 26.0 Å². The predicted molar refractivity (Wildman–Crippen MR) is 82.4 cm³/mol. The lowest BCUT2D eigenvalue weighted by Crippen LogP contribution is -2.48. The highest BCUT2D eigenvalue weighted by Gasteiger charge is 2.56. The Hall–Kier alpha value is -0.720. The van der Waals surface area contributed by atoms with Gasteiger partial charge < -0.3 is 5.11 Å². The normalized spacial score (nSPS) is 50.6. The van der Waals surface area contributed by atoms with Crippen LogP contribution in [-0.4, -0.2) is 5.11 Å². The molecule has 1 nitrogen and oxygen atoms in total. The minimum atomic E-state index is 0.0948. The van der Waals surface area contributed by atoms with Gasteiger partial charge in [0.15, 0.2) is 0 Å². The summed E-state index contributed by atoms with van der Waals surface area (Å²) in [6, 6.07) is 0. The summed E-state index contributed by atoms with van der Waals surface area (Å²) in [6.45, 7) is 4.87. The van der Waals surface area contributed by atoms with Crippen molar-refractivity contribution in [2.75, 3.05) is 0 Å². The Kier molecular flexibility index (Phi) is 2.69. The van der Waals surface area contributed by atoms with Gasteiger partial charge in [0.1, 0.15) is 0 Å². The van der Waals surface area contributed by atoms with Crippen molar-refractivity contribution in [3.63, 3.8) is 0 Å². The fraction of sp³-hybridized carbons (Fsp3) is 0.789. The zero-order valence-corrected chi connectivity index (χ0v) is 13.0. The molecule has 2 fully saturated rings. The minimum absolute atomic E-state index is 0.0948. The third-order valence-corrected chi connectivity index (χ3v) is 7.56. The summed E-state index contributed by atoms with van der Waals surface area (Å²) >= 11 is 0. The van der Waals surface area contributed by atoms with Crippen LogP contribution in [-0.2, 0) is 0 Å². The molecule has 4 rings (SSSR count). The molecule has 1 N–H and O–H groups in total. The topological polar surface area (TPSA) is 20.2 Å². The van der Waals surface area contributed by atoms with E-state index in [4.69, 9.17) is 0 Å². The first-order chi connectivity index (χ1) is 9.56. The zero-order chi connectivity index (χ0) is 14.0. The van der Waals surface area contributed by atoms with E-state index in [1.54, 1.807) is 5.57 Å². The van der Waals surface area contributed by atoms with E-state index in [1.165, 1.54) is 44.9 Å². The zero-order valence-electron chi connectivity index (χ0n) is 13.0. The Morgan fingerprint density at radius 1 is 1.00 bits per heavy atom. The van der Waals surface area contributed by atoms with Crippen LogP contribution in [0.15, 0.2) is 23.5 Å². The monoisotopic (exact) mass is 272 g/mol.